The third-order valence-electron chi connectivity index (χ3n) is 4.31. The van der Waals surface area contributed by atoms with Crippen molar-refractivity contribution in [3.8, 4) is 5.75 Å². The summed E-state index contributed by atoms with van der Waals surface area (Å²) in [7, 11) is 1.53. The fraction of sp³-hybridized carbons (Fsp3) is 0.368. The second-order valence-corrected chi connectivity index (χ2v) is 6.94. The van der Waals surface area contributed by atoms with E-state index in [2.05, 4.69) is 5.32 Å². The van der Waals surface area contributed by atoms with Crippen LogP contribution in [0.1, 0.15) is 47.0 Å². The first-order valence-corrected chi connectivity index (χ1v) is 9.25. The van der Waals surface area contributed by atoms with Crippen molar-refractivity contribution in [2.75, 3.05) is 7.11 Å². The van der Waals surface area contributed by atoms with Crippen LogP contribution in [0.4, 0.5) is 0 Å². The van der Waals surface area contributed by atoms with Crippen LogP contribution in [0.5, 0.6) is 5.75 Å². The largest absolute Gasteiger partial charge is 0.496 e. The minimum absolute atomic E-state index is 0.144. The van der Waals surface area contributed by atoms with Gasteiger partial charge in [-0.3, -0.25) is 4.79 Å². The summed E-state index contributed by atoms with van der Waals surface area (Å²) in [5.74, 6) is -0.290. The molecule has 1 heterocycles. The van der Waals surface area contributed by atoms with Gasteiger partial charge in [0, 0.05) is 11.6 Å². The van der Waals surface area contributed by atoms with Gasteiger partial charge in [-0.05, 0) is 30.4 Å². The predicted octanol–water partition coefficient (Wildman–Crippen LogP) is 3.71. The molecule has 2 aromatic rings. The van der Waals surface area contributed by atoms with E-state index < -0.39 is 12.1 Å². The lowest BCUT2D eigenvalue weighted by atomic mass is 10.1. The number of methoxy groups -OCH3 is 1. The van der Waals surface area contributed by atoms with Gasteiger partial charge < -0.3 is 14.8 Å². The highest BCUT2D eigenvalue weighted by atomic mass is 32.1. The lowest BCUT2D eigenvalue weighted by Crippen LogP contribution is -2.38. The monoisotopic (exact) mass is 359 g/mol. The molecule has 0 spiro atoms. The van der Waals surface area contributed by atoms with E-state index in [1.54, 1.807) is 35.7 Å². The molecule has 0 aliphatic heterocycles. The highest BCUT2D eigenvalue weighted by molar-refractivity contribution is 7.11. The maximum atomic E-state index is 12.8. The van der Waals surface area contributed by atoms with E-state index in [9.17, 15) is 9.59 Å². The number of carbonyl (C=O) groups is 2. The molecule has 0 saturated heterocycles. The van der Waals surface area contributed by atoms with Crippen molar-refractivity contribution >= 4 is 23.2 Å². The summed E-state index contributed by atoms with van der Waals surface area (Å²) in [5, 5.41) is 4.81. The number of amides is 1. The average Bonchev–Trinajstić information content (AvgIpc) is 3.33. The average molecular weight is 359 g/mol. The number of para-hydroxylation sites is 1. The third-order valence-corrected chi connectivity index (χ3v) is 5.16. The smallest absolute Gasteiger partial charge is 0.349 e. The summed E-state index contributed by atoms with van der Waals surface area (Å²) in [6.45, 7) is 0. The zero-order valence-corrected chi connectivity index (χ0v) is 14.9. The molecule has 1 N–H and O–H groups in total. The van der Waals surface area contributed by atoms with Gasteiger partial charge in [0.2, 0.25) is 6.10 Å². The van der Waals surface area contributed by atoms with Crippen LogP contribution < -0.4 is 10.1 Å². The molecule has 1 fully saturated rings. The molecule has 1 saturated carbocycles. The standard InChI is InChI=1S/C19H21NO4S/c1-23-15-10-5-4-9-14(15)17(18(21)20-13-7-2-3-8-13)24-19(22)16-11-6-12-25-16/h4-6,9-13,17H,2-3,7-8H2,1H3,(H,20,21). The van der Waals surface area contributed by atoms with Gasteiger partial charge in [-0.2, -0.15) is 0 Å². The second-order valence-electron chi connectivity index (χ2n) is 5.99. The van der Waals surface area contributed by atoms with Gasteiger partial charge >= 0.3 is 5.97 Å². The van der Waals surface area contributed by atoms with E-state index >= 15 is 0 Å². The Labute approximate surface area is 151 Å². The van der Waals surface area contributed by atoms with Crippen molar-refractivity contribution in [2.24, 2.45) is 0 Å². The van der Waals surface area contributed by atoms with Crippen LogP contribution in [0.25, 0.3) is 0 Å². The summed E-state index contributed by atoms with van der Waals surface area (Å²) in [6.07, 6.45) is 3.11. The van der Waals surface area contributed by atoms with Gasteiger partial charge in [0.15, 0.2) is 0 Å². The minimum atomic E-state index is -1.04. The van der Waals surface area contributed by atoms with Crippen LogP contribution in [0.2, 0.25) is 0 Å². The second kappa shape index (κ2) is 8.16. The molecule has 1 aliphatic carbocycles. The Kier molecular flexibility index (Phi) is 5.71. The van der Waals surface area contributed by atoms with Crippen LogP contribution in [-0.2, 0) is 9.53 Å². The Morgan fingerprint density at radius 2 is 1.92 bits per heavy atom. The highest BCUT2D eigenvalue weighted by Crippen LogP contribution is 2.30. The minimum Gasteiger partial charge on any atom is -0.496 e. The van der Waals surface area contributed by atoms with Gasteiger partial charge in [-0.25, -0.2) is 4.79 Å². The van der Waals surface area contributed by atoms with Crippen LogP contribution in [0, 0.1) is 0 Å². The maximum absolute atomic E-state index is 12.8. The van der Waals surface area contributed by atoms with Gasteiger partial charge in [0.25, 0.3) is 5.91 Å². The van der Waals surface area contributed by atoms with Crippen LogP contribution in [-0.4, -0.2) is 25.0 Å². The molecule has 0 radical (unpaired) electrons. The number of esters is 1. The highest BCUT2D eigenvalue weighted by Gasteiger charge is 2.30. The summed E-state index contributed by atoms with van der Waals surface area (Å²) in [4.78, 5) is 25.7. The van der Waals surface area contributed by atoms with E-state index in [1.807, 2.05) is 6.07 Å². The van der Waals surface area contributed by atoms with Crippen molar-refractivity contribution in [2.45, 2.75) is 37.8 Å². The molecule has 5 nitrogen and oxygen atoms in total. The van der Waals surface area contributed by atoms with Crippen molar-refractivity contribution in [3.63, 3.8) is 0 Å². The molecule has 1 aliphatic rings. The van der Waals surface area contributed by atoms with Gasteiger partial charge in [0.1, 0.15) is 10.6 Å². The predicted molar refractivity (Wildman–Crippen MR) is 95.9 cm³/mol. The molecule has 3 rings (SSSR count). The lowest BCUT2D eigenvalue weighted by molar-refractivity contribution is -0.131. The molecule has 1 atom stereocenters. The van der Waals surface area contributed by atoms with Crippen molar-refractivity contribution in [3.05, 3.63) is 52.2 Å². The fourth-order valence-electron chi connectivity index (χ4n) is 3.05. The van der Waals surface area contributed by atoms with Gasteiger partial charge in [-0.1, -0.05) is 37.1 Å². The Morgan fingerprint density at radius 3 is 2.60 bits per heavy atom. The molecule has 25 heavy (non-hydrogen) atoms. The van der Waals surface area contributed by atoms with Crippen LogP contribution in [0.15, 0.2) is 41.8 Å². The Morgan fingerprint density at radius 1 is 1.16 bits per heavy atom. The van der Waals surface area contributed by atoms with Crippen molar-refractivity contribution in [1.29, 1.82) is 0 Å². The maximum Gasteiger partial charge on any atom is 0.349 e. The normalized spacial score (nSPS) is 15.6. The topological polar surface area (TPSA) is 64.6 Å². The summed E-state index contributed by atoms with van der Waals surface area (Å²) in [6, 6.07) is 10.7. The van der Waals surface area contributed by atoms with Gasteiger partial charge in [0.05, 0.1) is 7.11 Å². The number of nitrogens with one attached hydrogen (secondary N) is 1. The fourth-order valence-corrected chi connectivity index (χ4v) is 3.65. The Balaban J connectivity index is 1.84. The number of thiophene rings is 1. The van der Waals surface area contributed by atoms with E-state index in [4.69, 9.17) is 9.47 Å². The summed E-state index contributed by atoms with van der Waals surface area (Å²) < 4.78 is 10.9. The third kappa shape index (κ3) is 4.20. The van der Waals surface area contributed by atoms with Crippen LogP contribution >= 0.6 is 11.3 Å². The molecule has 1 unspecified atom stereocenters. The first-order valence-electron chi connectivity index (χ1n) is 8.37. The molecule has 132 valence electrons. The number of hydrogen-bond donors (Lipinski definition) is 1. The molecule has 6 heteroatoms. The molecule has 1 amide bonds. The number of rotatable bonds is 6. The Bertz CT molecular complexity index is 723. The van der Waals surface area contributed by atoms with Crippen LogP contribution in [0.3, 0.4) is 0 Å². The SMILES string of the molecule is COc1ccccc1C(OC(=O)c1cccs1)C(=O)NC1CCCC1. The van der Waals surface area contributed by atoms with E-state index in [1.165, 1.54) is 18.4 Å². The zero-order chi connectivity index (χ0) is 17.6. The molecular weight excluding hydrogens is 338 g/mol. The van der Waals surface area contributed by atoms with E-state index in [-0.39, 0.29) is 11.9 Å². The number of ether oxygens (including phenoxy) is 2. The summed E-state index contributed by atoms with van der Waals surface area (Å²) in [5.41, 5.74) is 0.547. The van der Waals surface area contributed by atoms with Gasteiger partial charge in [-0.15, -0.1) is 11.3 Å². The quantitative estimate of drug-likeness (QED) is 0.799. The Hall–Kier alpha value is -2.34. The zero-order valence-electron chi connectivity index (χ0n) is 14.1. The number of hydrogen-bond acceptors (Lipinski definition) is 5. The van der Waals surface area contributed by atoms with E-state index in [0.717, 1.165) is 25.7 Å². The molecule has 1 aromatic heterocycles. The summed E-state index contributed by atoms with van der Waals surface area (Å²) >= 11 is 1.29. The molecule has 0 bridgehead atoms. The lowest BCUT2D eigenvalue weighted by Gasteiger charge is -2.21. The van der Waals surface area contributed by atoms with E-state index in [0.29, 0.717) is 16.2 Å². The molecule has 1 aromatic carbocycles. The number of benzene rings is 1. The molecular formula is C19H21NO4S. The first-order chi connectivity index (χ1) is 12.2. The first kappa shape index (κ1) is 17.5. The van der Waals surface area contributed by atoms with Crippen molar-refractivity contribution < 1.29 is 19.1 Å². The number of carbonyl (C=O) groups excluding carboxylic acids is 2. The van der Waals surface area contributed by atoms with Crippen molar-refractivity contribution in [1.82, 2.24) is 5.32 Å².